The third-order valence-corrected chi connectivity index (χ3v) is 4.91. The maximum absolute atomic E-state index is 12.4. The number of hydrogen-bond donors (Lipinski definition) is 0. The summed E-state index contributed by atoms with van der Waals surface area (Å²) in [6.07, 6.45) is 3.70. The second kappa shape index (κ2) is 5.98. The summed E-state index contributed by atoms with van der Waals surface area (Å²) in [4.78, 5) is 12.4. The first-order valence-corrected chi connectivity index (χ1v) is 9.81. The highest BCUT2D eigenvalue weighted by atomic mass is 31.2. The molecule has 0 bridgehead atoms. The predicted molar refractivity (Wildman–Crippen MR) is 83.5 cm³/mol. The van der Waals surface area contributed by atoms with Gasteiger partial charge in [-0.2, -0.15) is 0 Å². The third-order valence-electron chi connectivity index (χ3n) is 3.86. The number of ketones is 1. The van der Waals surface area contributed by atoms with E-state index in [1.807, 2.05) is 30.3 Å². The first kappa shape index (κ1) is 15.1. The molecule has 0 radical (unpaired) electrons. The fourth-order valence-corrected chi connectivity index (χ4v) is 3.54. The number of Topliss-reactive ketones (excluding diaryl/α,β-unsaturated/α-hetero) is 1. The van der Waals surface area contributed by atoms with Gasteiger partial charge in [0.15, 0.2) is 0 Å². The molecule has 2 rings (SSSR count). The fraction of sp³-hybridized carbons (Fsp3) is 0.471. The number of carbonyl (C=O) groups excluding carboxylic acids is 1. The van der Waals surface area contributed by atoms with Crippen molar-refractivity contribution in [3.63, 3.8) is 0 Å². The van der Waals surface area contributed by atoms with Crippen LogP contribution in [0.25, 0.3) is 0 Å². The Balaban J connectivity index is 2.04. The maximum atomic E-state index is 12.4. The van der Waals surface area contributed by atoms with Crippen molar-refractivity contribution in [3.8, 4) is 11.8 Å². The molecular weight excluding hydrogens is 267 g/mol. The van der Waals surface area contributed by atoms with Crippen LogP contribution in [0.3, 0.4) is 0 Å². The summed E-state index contributed by atoms with van der Waals surface area (Å²) in [6.45, 7) is 3.37. The summed E-state index contributed by atoms with van der Waals surface area (Å²) in [6, 6.07) is 9.81. The molecule has 0 amide bonds. The van der Waals surface area contributed by atoms with Crippen LogP contribution in [-0.4, -0.2) is 25.3 Å². The van der Waals surface area contributed by atoms with E-state index in [1.54, 1.807) is 13.3 Å². The van der Waals surface area contributed by atoms with Gasteiger partial charge in [-0.1, -0.05) is 36.5 Å². The molecule has 1 saturated carbocycles. The zero-order valence-corrected chi connectivity index (χ0v) is 13.1. The van der Waals surface area contributed by atoms with Gasteiger partial charge >= 0.3 is 0 Å². The SMILES string of the molecule is CP(C)(=O)CC(=O)C1(CC#Cc2ccccc2)CCC1. The number of hydrogen-bond acceptors (Lipinski definition) is 2. The van der Waals surface area contributed by atoms with Crippen LogP contribution >= 0.6 is 7.14 Å². The van der Waals surface area contributed by atoms with Gasteiger partial charge in [-0.25, -0.2) is 0 Å². The Morgan fingerprint density at radius 3 is 2.40 bits per heavy atom. The van der Waals surface area contributed by atoms with E-state index < -0.39 is 7.14 Å². The van der Waals surface area contributed by atoms with E-state index in [-0.39, 0.29) is 17.4 Å². The molecule has 3 heteroatoms. The summed E-state index contributed by atoms with van der Waals surface area (Å²) in [5.74, 6) is 6.42. The molecular formula is C17H21O2P. The van der Waals surface area contributed by atoms with Crippen LogP contribution in [0.2, 0.25) is 0 Å². The van der Waals surface area contributed by atoms with Crippen LogP contribution in [0.4, 0.5) is 0 Å². The van der Waals surface area contributed by atoms with Crippen LogP contribution in [0.5, 0.6) is 0 Å². The van der Waals surface area contributed by atoms with Crippen molar-refractivity contribution < 1.29 is 9.36 Å². The van der Waals surface area contributed by atoms with E-state index in [4.69, 9.17) is 0 Å². The van der Waals surface area contributed by atoms with E-state index in [0.717, 1.165) is 24.8 Å². The summed E-state index contributed by atoms with van der Waals surface area (Å²) in [5, 5.41) is 0. The van der Waals surface area contributed by atoms with Crippen molar-refractivity contribution in [2.45, 2.75) is 25.7 Å². The van der Waals surface area contributed by atoms with E-state index in [2.05, 4.69) is 11.8 Å². The first-order chi connectivity index (χ1) is 9.41. The second-order valence-electron chi connectivity index (χ2n) is 6.13. The van der Waals surface area contributed by atoms with E-state index >= 15 is 0 Å². The quantitative estimate of drug-likeness (QED) is 0.624. The van der Waals surface area contributed by atoms with E-state index in [9.17, 15) is 9.36 Å². The Bertz CT molecular complexity index is 582. The molecule has 0 N–H and O–H groups in total. The zero-order valence-electron chi connectivity index (χ0n) is 12.2. The molecule has 0 unspecified atom stereocenters. The maximum Gasteiger partial charge on any atom is 0.147 e. The van der Waals surface area contributed by atoms with Gasteiger partial charge in [0.05, 0.1) is 13.3 Å². The van der Waals surface area contributed by atoms with E-state index in [0.29, 0.717) is 6.42 Å². The Kier molecular flexibility index (Phi) is 4.51. The average Bonchev–Trinajstić information content (AvgIpc) is 2.31. The minimum atomic E-state index is -2.29. The van der Waals surface area contributed by atoms with Crippen LogP contribution in [0, 0.1) is 17.3 Å². The van der Waals surface area contributed by atoms with Crippen LogP contribution < -0.4 is 0 Å². The molecule has 0 aliphatic heterocycles. The van der Waals surface area contributed by atoms with Gasteiger partial charge in [0.2, 0.25) is 0 Å². The lowest BCUT2D eigenvalue weighted by atomic mass is 9.64. The van der Waals surface area contributed by atoms with E-state index in [1.165, 1.54) is 0 Å². The lowest BCUT2D eigenvalue weighted by Gasteiger charge is -2.39. The lowest BCUT2D eigenvalue weighted by molar-refractivity contribution is -0.130. The number of benzene rings is 1. The normalized spacial score (nSPS) is 16.7. The third kappa shape index (κ3) is 3.84. The van der Waals surface area contributed by atoms with Crippen LogP contribution in [0.1, 0.15) is 31.2 Å². The Morgan fingerprint density at radius 2 is 1.90 bits per heavy atom. The molecule has 0 aromatic heterocycles. The van der Waals surface area contributed by atoms with Crippen molar-refractivity contribution in [1.82, 2.24) is 0 Å². The summed E-state index contributed by atoms with van der Waals surface area (Å²) in [5.41, 5.74) is 0.662. The monoisotopic (exact) mass is 288 g/mol. The molecule has 2 nitrogen and oxygen atoms in total. The van der Waals surface area contributed by atoms with Crippen molar-refractivity contribution >= 4 is 12.9 Å². The molecule has 0 heterocycles. The first-order valence-electron chi connectivity index (χ1n) is 7.03. The topological polar surface area (TPSA) is 34.1 Å². The van der Waals surface area contributed by atoms with Gasteiger partial charge in [-0.15, -0.1) is 0 Å². The molecule has 1 fully saturated rings. The molecule has 1 aromatic rings. The molecule has 20 heavy (non-hydrogen) atoms. The van der Waals surface area contributed by atoms with Gasteiger partial charge in [0, 0.05) is 17.4 Å². The predicted octanol–water partition coefficient (Wildman–Crippen LogP) is 3.79. The molecule has 0 atom stereocenters. The van der Waals surface area contributed by atoms with Crippen molar-refractivity contribution in [2.75, 3.05) is 19.5 Å². The standard InChI is InChI=1S/C17H21O2P/c1-20(2,19)14-16(18)17(12-7-13-17)11-6-10-15-8-4-3-5-9-15/h3-5,8-9H,7,11-14H2,1-2H3. The lowest BCUT2D eigenvalue weighted by Crippen LogP contribution is -2.39. The number of rotatable bonds is 4. The smallest absolute Gasteiger partial charge is 0.147 e. The minimum absolute atomic E-state index is 0.152. The second-order valence-corrected chi connectivity index (χ2v) is 9.60. The molecule has 0 spiro atoms. The van der Waals surface area contributed by atoms with Crippen molar-refractivity contribution in [3.05, 3.63) is 35.9 Å². The Labute approximate surface area is 121 Å². The highest BCUT2D eigenvalue weighted by Crippen LogP contribution is 2.48. The number of carbonyl (C=O) groups is 1. The Hall–Kier alpha value is -1.32. The molecule has 1 aromatic carbocycles. The highest BCUT2D eigenvalue weighted by Gasteiger charge is 2.43. The Morgan fingerprint density at radius 1 is 1.25 bits per heavy atom. The zero-order chi connectivity index (χ0) is 14.6. The van der Waals surface area contributed by atoms with Gasteiger partial charge in [-0.05, 0) is 38.3 Å². The highest BCUT2D eigenvalue weighted by molar-refractivity contribution is 7.63. The van der Waals surface area contributed by atoms with Gasteiger partial charge < -0.3 is 4.57 Å². The van der Waals surface area contributed by atoms with Crippen molar-refractivity contribution in [1.29, 1.82) is 0 Å². The molecule has 106 valence electrons. The minimum Gasteiger partial charge on any atom is -0.324 e. The van der Waals surface area contributed by atoms with Crippen LogP contribution in [0.15, 0.2) is 30.3 Å². The molecule has 1 aliphatic carbocycles. The molecule has 0 saturated heterocycles. The largest absolute Gasteiger partial charge is 0.324 e. The summed E-state index contributed by atoms with van der Waals surface area (Å²) >= 11 is 0. The average molecular weight is 288 g/mol. The van der Waals surface area contributed by atoms with Gasteiger partial charge in [0.25, 0.3) is 0 Å². The van der Waals surface area contributed by atoms with Gasteiger partial charge in [-0.3, -0.25) is 4.79 Å². The molecule has 1 aliphatic rings. The van der Waals surface area contributed by atoms with Crippen molar-refractivity contribution in [2.24, 2.45) is 5.41 Å². The van der Waals surface area contributed by atoms with Crippen LogP contribution in [-0.2, 0) is 9.36 Å². The summed E-state index contributed by atoms with van der Waals surface area (Å²) in [7, 11) is -2.29. The summed E-state index contributed by atoms with van der Waals surface area (Å²) < 4.78 is 11.9. The van der Waals surface area contributed by atoms with Gasteiger partial charge in [0.1, 0.15) is 5.78 Å². The fourth-order valence-electron chi connectivity index (χ4n) is 2.51.